The number of nitrogen functional groups attached to an aromatic ring is 1. The first-order valence-electron chi connectivity index (χ1n) is 5.24. The van der Waals surface area contributed by atoms with Crippen molar-refractivity contribution in [2.24, 2.45) is 0 Å². The number of nitrogens with one attached hydrogen (secondary N) is 1. The second-order valence-corrected chi connectivity index (χ2v) is 4.61. The van der Waals surface area contributed by atoms with Gasteiger partial charge < -0.3 is 11.1 Å². The van der Waals surface area contributed by atoms with E-state index in [1.165, 1.54) is 24.3 Å². The highest BCUT2D eigenvalue weighted by atomic mass is 79.9. The van der Waals surface area contributed by atoms with E-state index in [0.717, 1.165) is 0 Å². The number of nitro benzene ring substituents is 1. The molecule has 0 unspecified atom stereocenters. The zero-order chi connectivity index (χ0) is 14.0. The summed E-state index contributed by atoms with van der Waals surface area (Å²) < 4.78 is 13.7. The molecule has 5 nitrogen and oxygen atoms in total. The number of rotatable bonds is 3. The molecule has 0 radical (unpaired) electrons. The lowest BCUT2D eigenvalue weighted by atomic mass is 10.2. The number of benzene rings is 2. The van der Waals surface area contributed by atoms with Crippen molar-refractivity contribution in [1.29, 1.82) is 0 Å². The molecule has 98 valence electrons. The Hall–Kier alpha value is -2.15. The highest BCUT2D eigenvalue weighted by molar-refractivity contribution is 9.10. The predicted octanol–water partition coefficient (Wildman–Crippen LogP) is 3.82. The number of halogens is 2. The highest BCUT2D eigenvalue weighted by Gasteiger charge is 2.17. The second kappa shape index (κ2) is 5.23. The Bertz CT molecular complexity index is 649. The molecule has 2 aromatic rings. The maximum atomic E-state index is 13.4. The van der Waals surface area contributed by atoms with Gasteiger partial charge in [-0.15, -0.1) is 0 Å². The molecule has 0 aliphatic heterocycles. The largest absolute Gasteiger partial charge is 0.393 e. The minimum Gasteiger partial charge on any atom is -0.393 e. The van der Waals surface area contributed by atoms with Crippen LogP contribution in [0.5, 0.6) is 0 Å². The first-order valence-corrected chi connectivity index (χ1v) is 6.03. The molecule has 0 atom stereocenters. The van der Waals surface area contributed by atoms with E-state index >= 15 is 0 Å². The van der Waals surface area contributed by atoms with E-state index in [-0.39, 0.29) is 17.1 Å². The lowest BCUT2D eigenvalue weighted by Crippen LogP contribution is -2.01. The summed E-state index contributed by atoms with van der Waals surface area (Å²) in [5, 5.41) is 13.7. The molecule has 0 aliphatic rings. The van der Waals surface area contributed by atoms with Gasteiger partial charge in [0.1, 0.15) is 17.2 Å². The number of nitro groups is 1. The van der Waals surface area contributed by atoms with Gasteiger partial charge in [-0.1, -0.05) is 6.07 Å². The van der Waals surface area contributed by atoms with Gasteiger partial charge in [-0.2, -0.15) is 0 Å². The fourth-order valence-electron chi connectivity index (χ4n) is 1.60. The van der Waals surface area contributed by atoms with Crippen LogP contribution in [0.4, 0.5) is 27.1 Å². The number of hydrogen-bond acceptors (Lipinski definition) is 4. The zero-order valence-corrected chi connectivity index (χ0v) is 11.1. The van der Waals surface area contributed by atoms with E-state index in [4.69, 9.17) is 5.73 Å². The Morgan fingerprint density at radius 2 is 2.05 bits per heavy atom. The molecule has 0 bridgehead atoms. The summed E-state index contributed by atoms with van der Waals surface area (Å²) in [5.41, 5.74) is 6.00. The van der Waals surface area contributed by atoms with E-state index in [0.29, 0.717) is 10.2 Å². The van der Waals surface area contributed by atoms with Gasteiger partial charge in [-0.25, -0.2) is 4.39 Å². The van der Waals surface area contributed by atoms with E-state index < -0.39 is 10.7 Å². The molecule has 0 heterocycles. The lowest BCUT2D eigenvalue weighted by Gasteiger charge is -2.08. The first-order chi connectivity index (χ1) is 8.99. The standard InChI is InChI=1S/C12H9BrFN3O2/c13-8-5-4-7(6-9(8)14)16-11-3-1-2-10(15)12(11)17(18)19/h1-6,16H,15H2. The van der Waals surface area contributed by atoms with Gasteiger partial charge in [0, 0.05) is 5.69 Å². The number of para-hydroxylation sites is 1. The monoisotopic (exact) mass is 325 g/mol. The minimum atomic E-state index is -0.577. The van der Waals surface area contributed by atoms with Gasteiger partial charge in [-0.3, -0.25) is 10.1 Å². The maximum Gasteiger partial charge on any atom is 0.315 e. The van der Waals surface area contributed by atoms with Crippen LogP contribution in [-0.2, 0) is 0 Å². The topological polar surface area (TPSA) is 81.2 Å². The van der Waals surface area contributed by atoms with E-state index in [1.807, 2.05) is 0 Å². The van der Waals surface area contributed by atoms with Crippen LogP contribution in [0.1, 0.15) is 0 Å². The van der Waals surface area contributed by atoms with Crippen molar-refractivity contribution in [2.45, 2.75) is 0 Å². The quantitative estimate of drug-likeness (QED) is 0.510. The second-order valence-electron chi connectivity index (χ2n) is 3.75. The molecular weight excluding hydrogens is 317 g/mol. The lowest BCUT2D eigenvalue weighted by molar-refractivity contribution is -0.383. The summed E-state index contributed by atoms with van der Waals surface area (Å²) in [6.07, 6.45) is 0. The van der Waals surface area contributed by atoms with Crippen LogP contribution in [0.2, 0.25) is 0 Å². The molecular formula is C12H9BrFN3O2. The van der Waals surface area contributed by atoms with Crippen LogP contribution in [-0.4, -0.2) is 4.92 Å². The van der Waals surface area contributed by atoms with Crippen LogP contribution < -0.4 is 11.1 Å². The van der Waals surface area contributed by atoms with Crippen molar-refractivity contribution in [3.05, 3.63) is 56.8 Å². The fourth-order valence-corrected chi connectivity index (χ4v) is 1.84. The Morgan fingerprint density at radius 1 is 1.32 bits per heavy atom. The number of hydrogen-bond donors (Lipinski definition) is 2. The van der Waals surface area contributed by atoms with Crippen LogP contribution in [0, 0.1) is 15.9 Å². The molecule has 2 rings (SSSR count). The smallest absolute Gasteiger partial charge is 0.315 e. The van der Waals surface area contributed by atoms with E-state index in [9.17, 15) is 14.5 Å². The fraction of sp³-hybridized carbons (Fsp3) is 0. The Labute approximate surface area is 116 Å². The molecule has 19 heavy (non-hydrogen) atoms. The number of nitrogens with two attached hydrogens (primary N) is 1. The van der Waals surface area contributed by atoms with Gasteiger partial charge in [-0.05, 0) is 46.3 Å². The van der Waals surface area contributed by atoms with Crippen molar-refractivity contribution >= 4 is 38.7 Å². The van der Waals surface area contributed by atoms with Gasteiger partial charge in [0.2, 0.25) is 0 Å². The summed E-state index contributed by atoms with van der Waals surface area (Å²) in [6.45, 7) is 0. The van der Waals surface area contributed by atoms with Gasteiger partial charge in [0.05, 0.1) is 9.40 Å². The molecule has 0 aromatic heterocycles. The van der Waals surface area contributed by atoms with Crippen molar-refractivity contribution in [3.8, 4) is 0 Å². The number of anilines is 3. The summed E-state index contributed by atoms with van der Waals surface area (Å²) in [4.78, 5) is 10.4. The summed E-state index contributed by atoms with van der Waals surface area (Å²) in [5.74, 6) is -0.462. The van der Waals surface area contributed by atoms with Gasteiger partial charge >= 0.3 is 5.69 Å². The molecule has 3 N–H and O–H groups in total. The van der Waals surface area contributed by atoms with E-state index in [2.05, 4.69) is 21.2 Å². The van der Waals surface area contributed by atoms with Crippen molar-refractivity contribution in [2.75, 3.05) is 11.1 Å². The maximum absolute atomic E-state index is 13.4. The van der Waals surface area contributed by atoms with Crippen LogP contribution in [0.25, 0.3) is 0 Å². The molecule has 0 saturated heterocycles. The minimum absolute atomic E-state index is 0.0487. The Balaban J connectivity index is 2.40. The van der Waals surface area contributed by atoms with Gasteiger partial charge in [0.25, 0.3) is 0 Å². The average Bonchev–Trinajstić information content (AvgIpc) is 2.33. The molecule has 7 heteroatoms. The van der Waals surface area contributed by atoms with Crippen molar-refractivity contribution in [1.82, 2.24) is 0 Å². The molecule has 2 aromatic carbocycles. The summed E-state index contributed by atoms with van der Waals surface area (Å²) in [6, 6.07) is 8.87. The summed E-state index contributed by atoms with van der Waals surface area (Å²) in [7, 11) is 0. The molecule has 0 amide bonds. The normalized spacial score (nSPS) is 10.2. The third-order valence-electron chi connectivity index (χ3n) is 2.45. The summed E-state index contributed by atoms with van der Waals surface area (Å²) >= 11 is 3.03. The third-order valence-corrected chi connectivity index (χ3v) is 3.09. The van der Waals surface area contributed by atoms with Crippen LogP contribution >= 0.6 is 15.9 Å². The van der Waals surface area contributed by atoms with Crippen LogP contribution in [0.3, 0.4) is 0 Å². The zero-order valence-electron chi connectivity index (χ0n) is 9.56. The molecule has 0 spiro atoms. The third kappa shape index (κ3) is 2.82. The van der Waals surface area contributed by atoms with Crippen molar-refractivity contribution < 1.29 is 9.31 Å². The Kier molecular flexibility index (Phi) is 3.66. The van der Waals surface area contributed by atoms with E-state index in [1.54, 1.807) is 12.1 Å². The predicted molar refractivity (Wildman–Crippen MR) is 74.9 cm³/mol. The van der Waals surface area contributed by atoms with Crippen molar-refractivity contribution in [3.63, 3.8) is 0 Å². The SMILES string of the molecule is Nc1cccc(Nc2ccc(Br)c(F)c2)c1[N+](=O)[O-]. The first kappa shape index (κ1) is 13.3. The number of nitrogens with zero attached hydrogens (tertiary/aromatic N) is 1. The molecule has 0 fully saturated rings. The van der Waals surface area contributed by atoms with Gasteiger partial charge in [0.15, 0.2) is 0 Å². The highest BCUT2D eigenvalue weighted by Crippen LogP contribution is 2.33. The van der Waals surface area contributed by atoms with Crippen LogP contribution in [0.15, 0.2) is 40.9 Å². The molecule has 0 aliphatic carbocycles. The molecule has 0 saturated carbocycles. The Morgan fingerprint density at radius 3 is 2.68 bits per heavy atom. The average molecular weight is 326 g/mol.